The lowest BCUT2D eigenvalue weighted by Crippen LogP contribution is -2.50. The Morgan fingerprint density at radius 2 is 2.04 bits per heavy atom. The minimum Gasteiger partial charge on any atom is -0.497 e. The highest BCUT2D eigenvalue weighted by Gasteiger charge is 2.26. The van der Waals surface area contributed by atoms with Gasteiger partial charge >= 0.3 is 0 Å². The molecule has 160 valence electrons. The number of hydrogen-bond donors (Lipinski definition) is 2. The van der Waals surface area contributed by atoms with Gasteiger partial charge in [0.2, 0.25) is 10.0 Å². The van der Waals surface area contributed by atoms with E-state index in [-0.39, 0.29) is 35.8 Å². The van der Waals surface area contributed by atoms with Crippen LogP contribution in [0, 0.1) is 0 Å². The number of aliphatic imine (C=N–C) groups is 1. The molecule has 1 aliphatic heterocycles. The average molecular weight is 545 g/mol. The zero-order valence-corrected chi connectivity index (χ0v) is 20.5. The van der Waals surface area contributed by atoms with Gasteiger partial charge in [-0.25, -0.2) is 12.7 Å². The van der Waals surface area contributed by atoms with Crippen LogP contribution in [0.5, 0.6) is 5.75 Å². The van der Waals surface area contributed by atoms with Crippen LogP contribution >= 0.6 is 35.6 Å². The summed E-state index contributed by atoms with van der Waals surface area (Å²) in [4.78, 5) is 4.26. The van der Waals surface area contributed by atoms with Crippen molar-refractivity contribution in [2.24, 2.45) is 4.99 Å². The zero-order valence-electron chi connectivity index (χ0n) is 16.6. The van der Waals surface area contributed by atoms with Crippen LogP contribution in [0.15, 0.2) is 23.2 Å². The van der Waals surface area contributed by atoms with Gasteiger partial charge < -0.3 is 15.4 Å². The van der Waals surface area contributed by atoms with Gasteiger partial charge in [-0.2, -0.15) is 0 Å². The number of benzene rings is 1. The number of halogens is 2. The molecule has 0 aromatic heterocycles. The molecule has 0 spiro atoms. The normalized spacial score (nSPS) is 16.4. The van der Waals surface area contributed by atoms with E-state index in [1.54, 1.807) is 25.4 Å². The molecule has 0 atom stereocenters. The first-order valence-electron chi connectivity index (χ1n) is 9.17. The minimum absolute atomic E-state index is 0. The number of ether oxygens (including phenoxy) is 1. The third-order valence-corrected chi connectivity index (χ3v) is 6.96. The lowest BCUT2D eigenvalue weighted by atomic mass is 10.1. The zero-order chi connectivity index (χ0) is 19.9. The number of sulfonamides is 1. The van der Waals surface area contributed by atoms with Crippen molar-refractivity contribution >= 4 is 51.6 Å². The maximum atomic E-state index is 11.9. The molecule has 0 unspecified atom stereocenters. The van der Waals surface area contributed by atoms with Gasteiger partial charge in [0.25, 0.3) is 0 Å². The second kappa shape index (κ2) is 12.0. The highest BCUT2D eigenvalue weighted by Crippen LogP contribution is 2.22. The molecule has 1 heterocycles. The standard InChI is InChI=1S/C18H29ClN4O3S.HI/c1-4-27(24,25)23-11-8-15(9-12-23)22-18(20-2)21-10-7-14-5-6-16(26-3)13-17(14)19;/h5-6,13,15H,4,7-12H2,1-3H3,(H2,20,21,22);1H. The lowest BCUT2D eigenvalue weighted by molar-refractivity contribution is 0.306. The summed E-state index contributed by atoms with van der Waals surface area (Å²) in [5.41, 5.74) is 1.04. The summed E-state index contributed by atoms with van der Waals surface area (Å²) in [5.74, 6) is 1.62. The van der Waals surface area contributed by atoms with E-state index in [0.717, 1.165) is 36.5 Å². The Kier molecular flexibility index (Phi) is 10.9. The maximum absolute atomic E-state index is 11.9. The quantitative estimate of drug-likeness (QED) is 0.313. The summed E-state index contributed by atoms with van der Waals surface area (Å²) < 4.78 is 30.6. The Morgan fingerprint density at radius 1 is 1.36 bits per heavy atom. The van der Waals surface area contributed by atoms with E-state index in [1.807, 2.05) is 18.2 Å². The Balaban J connectivity index is 0.00000392. The van der Waals surface area contributed by atoms with Crippen LogP contribution in [0.25, 0.3) is 0 Å². The molecule has 1 aromatic rings. The molecule has 1 fully saturated rings. The van der Waals surface area contributed by atoms with Crippen LogP contribution in [0.3, 0.4) is 0 Å². The molecule has 0 saturated carbocycles. The van der Waals surface area contributed by atoms with Crippen molar-refractivity contribution in [2.45, 2.75) is 32.2 Å². The van der Waals surface area contributed by atoms with E-state index in [9.17, 15) is 8.42 Å². The van der Waals surface area contributed by atoms with E-state index in [4.69, 9.17) is 16.3 Å². The lowest BCUT2D eigenvalue weighted by Gasteiger charge is -2.32. The minimum atomic E-state index is -3.09. The van der Waals surface area contributed by atoms with Crippen molar-refractivity contribution in [3.05, 3.63) is 28.8 Å². The first-order chi connectivity index (χ1) is 12.9. The highest BCUT2D eigenvalue weighted by molar-refractivity contribution is 14.0. The van der Waals surface area contributed by atoms with Crippen molar-refractivity contribution in [1.29, 1.82) is 0 Å². The Labute approximate surface area is 190 Å². The summed E-state index contributed by atoms with van der Waals surface area (Å²) in [6.07, 6.45) is 2.30. The highest BCUT2D eigenvalue weighted by atomic mass is 127. The fraction of sp³-hybridized carbons (Fsp3) is 0.611. The van der Waals surface area contributed by atoms with Gasteiger partial charge in [0.15, 0.2) is 5.96 Å². The molecule has 28 heavy (non-hydrogen) atoms. The molecule has 0 radical (unpaired) electrons. The average Bonchev–Trinajstić information content (AvgIpc) is 2.68. The van der Waals surface area contributed by atoms with Gasteiger partial charge in [-0.1, -0.05) is 17.7 Å². The molecular weight excluding hydrogens is 515 g/mol. The summed E-state index contributed by atoms with van der Waals surface area (Å²) in [5, 5.41) is 7.35. The Bertz CT molecular complexity index is 753. The summed E-state index contributed by atoms with van der Waals surface area (Å²) in [7, 11) is 0.250. The van der Waals surface area contributed by atoms with Crippen LogP contribution in [-0.2, 0) is 16.4 Å². The van der Waals surface area contributed by atoms with Gasteiger partial charge in [-0.05, 0) is 43.9 Å². The molecule has 1 aromatic carbocycles. The molecule has 0 aliphatic carbocycles. The smallest absolute Gasteiger partial charge is 0.213 e. The van der Waals surface area contributed by atoms with Gasteiger partial charge in [0.1, 0.15) is 5.75 Å². The van der Waals surface area contributed by atoms with Gasteiger partial charge in [-0.3, -0.25) is 4.99 Å². The Morgan fingerprint density at radius 3 is 2.57 bits per heavy atom. The van der Waals surface area contributed by atoms with Gasteiger partial charge in [0.05, 0.1) is 12.9 Å². The van der Waals surface area contributed by atoms with Crippen LogP contribution in [0.4, 0.5) is 0 Å². The third kappa shape index (κ3) is 7.23. The molecule has 1 aliphatic rings. The molecule has 2 N–H and O–H groups in total. The number of guanidine groups is 1. The number of hydrogen-bond acceptors (Lipinski definition) is 4. The number of piperidine rings is 1. The molecule has 10 heteroatoms. The van der Waals surface area contributed by atoms with Crippen molar-refractivity contribution in [3.8, 4) is 5.75 Å². The van der Waals surface area contributed by atoms with Crippen LogP contribution in [0.1, 0.15) is 25.3 Å². The second-order valence-corrected chi connectivity index (χ2v) is 9.09. The fourth-order valence-corrected chi connectivity index (χ4v) is 4.42. The first-order valence-corrected chi connectivity index (χ1v) is 11.2. The number of methoxy groups -OCH3 is 1. The van der Waals surface area contributed by atoms with Crippen molar-refractivity contribution < 1.29 is 13.2 Å². The topological polar surface area (TPSA) is 83.0 Å². The summed E-state index contributed by atoms with van der Waals surface area (Å²) >= 11 is 6.27. The largest absolute Gasteiger partial charge is 0.497 e. The predicted molar refractivity (Wildman–Crippen MR) is 126 cm³/mol. The van der Waals surface area contributed by atoms with E-state index in [0.29, 0.717) is 24.7 Å². The van der Waals surface area contributed by atoms with E-state index < -0.39 is 10.0 Å². The van der Waals surface area contributed by atoms with Crippen molar-refractivity contribution in [3.63, 3.8) is 0 Å². The molecule has 7 nitrogen and oxygen atoms in total. The summed E-state index contributed by atoms with van der Waals surface area (Å²) in [6, 6.07) is 5.88. The number of rotatable bonds is 7. The van der Waals surface area contributed by atoms with Crippen LogP contribution in [-0.4, -0.2) is 64.3 Å². The molecule has 0 bridgehead atoms. The predicted octanol–water partition coefficient (Wildman–Crippen LogP) is 2.49. The van der Waals surface area contributed by atoms with Crippen molar-refractivity contribution in [1.82, 2.24) is 14.9 Å². The van der Waals surface area contributed by atoms with E-state index >= 15 is 0 Å². The van der Waals surface area contributed by atoms with Crippen molar-refractivity contribution in [2.75, 3.05) is 39.5 Å². The molecular formula is C18H30ClIN4O3S. The van der Waals surface area contributed by atoms with Gasteiger partial charge in [0, 0.05) is 37.7 Å². The summed E-state index contributed by atoms with van der Waals surface area (Å²) in [6.45, 7) is 3.47. The number of nitrogens with zero attached hydrogens (tertiary/aromatic N) is 2. The first kappa shape index (κ1) is 25.3. The maximum Gasteiger partial charge on any atom is 0.213 e. The monoisotopic (exact) mass is 544 g/mol. The van der Waals surface area contributed by atoms with E-state index in [1.165, 1.54) is 0 Å². The Hall–Kier alpha value is -0.780. The van der Waals surface area contributed by atoms with E-state index in [2.05, 4.69) is 15.6 Å². The SMILES string of the molecule is CCS(=O)(=O)N1CCC(NC(=NC)NCCc2ccc(OC)cc2Cl)CC1.I. The number of nitrogens with one attached hydrogen (secondary N) is 2. The fourth-order valence-electron chi connectivity index (χ4n) is 3.02. The third-order valence-electron chi connectivity index (χ3n) is 4.72. The molecule has 2 rings (SSSR count). The second-order valence-electron chi connectivity index (χ2n) is 6.42. The van der Waals surface area contributed by atoms with Crippen LogP contribution < -0.4 is 15.4 Å². The molecule has 0 amide bonds. The van der Waals surface area contributed by atoms with Crippen LogP contribution in [0.2, 0.25) is 5.02 Å². The molecule has 1 saturated heterocycles. The van der Waals surface area contributed by atoms with Gasteiger partial charge in [-0.15, -0.1) is 24.0 Å².